The Bertz CT molecular complexity index is 1300. The van der Waals surface area contributed by atoms with Gasteiger partial charge in [-0.05, 0) is 85.2 Å². The van der Waals surface area contributed by atoms with E-state index >= 15 is 0 Å². The second kappa shape index (κ2) is 11.6. The molecule has 0 saturated carbocycles. The molecule has 0 aromatic heterocycles. The zero-order chi connectivity index (χ0) is 25.5. The van der Waals surface area contributed by atoms with Gasteiger partial charge in [-0.25, -0.2) is 4.79 Å². The van der Waals surface area contributed by atoms with Gasteiger partial charge in [0.15, 0.2) is 11.5 Å². The van der Waals surface area contributed by atoms with Gasteiger partial charge in [0.05, 0.1) is 19.3 Å². The first-order chi connectivity index (χ1) is 17.5. The number of rotatable bonds is 10. The topological polar surface area (TPSA) is 54.0 Å². The van der Waals surface area contributed by atoms with E-state index < -0.39 is 5.97 Å². The fourth-order valence-electron chi connectivity index (χ4n) is 3.80. The molecule has 1 heterocycles. The molecule has 0 N–H and O–H groups in total. The van der Waals surface area contributed by atoms with Crippen LogP contribution in [0, 0.1) is 0 Å². The van der Waals surface area contributed by atoms with Crippen LogP contribution < -0.4 is 14.2 Å². The third-order valence-electron chi connectivity index (χ3n) is 5.54. The molecule has 36 heavy (non-hydrogen) atoms. The number of ether oxygens (including phenoxy) is 4. The molecule has 4 rings (SSSR count). The molecule has 3 aromatic rings. The molecule has 0 atom stereocenters. The van der Waals surface area contributed by atoms with Crippen LogP contribution in [0.15, 0.2) is 85.0 Å². The van der Waals surface area contributed by atoms with E-state index in [1.807, 2.05) is 73.7 Å². The Morgan fingerprint density at radius 2 is 1.78 bits per heavy atom. The van der Waals surface area contributed by atoms with Crippen LogP contribution >= 0.6 is 11.6 Å². The smallest absolute Gasteiger partial charge is 0.343 e. The van der Waals surface area contributed by atoms with Crippen LogP contribution in [0.2, 0.25) is 5.02 Å². The molecule has 3 aromatic carbocycles. The quantitative estimate of drug-likeness (QED) is 0.169. The van der Waals surface area contributed by atoms with Gasteiger partial charge in [-0.15, -0.1) is 6.58 Å². The predicted octanol–water partition coefficient (Wildman–Crippen LogP) is 7.04. The fraction of sp³-hybridized carbons (Fsp3) is 0.167. The summed E-state index contributed by atoms with van der Waals surface area (Å²) in [6, 6.07) is 18.7. The summed E-state index contributed by atoms with van der Waals surface area (Å²) in [6.07, 6.45) is 5.91. The Labute approximate surface area is 216 Å². The molecular weight excluding hydrogens is 476 g/mol. The van der Waals surface area contributed by atoms with Crippen molar-refractivity contribution in [1.29, 1.82) is 0 Å². The molecule has 0 unspecified atom stereocenters. The van der Waals surface area contributed by atoms with Gasteiger partial charge >= 0.3 is 5.97 Å². The molecule has 0 radical (unpaired) electrons. The molecule has 0 fully saturated rings. The highest BCUT2D eigenvalue weighted by molar-refractivity contribution is 6.30. The first-order valence-electron chi connectivity index (χ1n) is 11.6. The lowest BCUT2D eigenvalue weighted by Crippen LogP contribution is -2.03. The predicted molar refractivity (Wildman–Crippen MR) is 142 cm³/mol. The summed E-state index contributed by atoms with van der Waals surface area (Å²) < 4.78 is 22.8. The molecule has 1 aliphatic heterocycles. The number of esters is 1. The highest BCUT2D eigenvalue weighted by atomic mass is 35.5. The second-order valence-electron chi connectivity index (χ2n) is 8.07. The molecular formula is C30H27ClO5. The van der Waals surface area contributed by atoms with Crippen molar-refractivity contribution in [2.75, 3.05) is 13.7 Å². The summed E-state index contributed by atoms with van der Waals surface area (Å²) in [4.78, 5) is 12.6. The zero-order valence-corrected chi connectivity index (χ0v) is 21.0. The van der Waals surface area contributed by atoms with Crippen molar-refractivity contribution in [3.63, 3.8) is 0 Å². The van der Waals surface area contributed by atoms with Gasteiger partial charge in [-0.1, -0.05) is 29.8 Å². The highest BCUT2D eigenvalue weighted by Gasteiger charge is 2.23. The number of cyclic esters (lactones) is 1. The van der Waals surface area contributed by atoms with Gasteiger partial charge in [0.2, 0.25) is 0 Å². The van der Waals surface area contributed by atoms with E-state index in [0.717, 1.165) is 28.0 Å². The van der Waals surface area contributed by atoms with Gasteiger partial charge in [0.25, 0.3) is 0 Å². The van der Waals surface area contributed by atoms with Crippen LogP contribution in [-0.4, -0.2) is 19.7 Å². The number of hydrogen-bond acceptors (Lipinski definition) is 5. The maximum atomic E-state index is 12.6. The molecule has 0 saturated heterocycles. The van der Waals surface area contributed by atoms with E-state index in [1.165, 1.54) is 0 Å². The van der Waals surface area contributed by atoms with Crippen LogP contribution in [0.25, 0.3) is 11.8 Å². The lowest BCUT2D eigenvalue weighted by atomic mass is 10.0. The fourth-order valence-corrected chi connectivity index (χ4v) is 3.93. The van der Waals surface area contributed by atoms with E-state index in [1.54, 1.807) is 19.3 Å². The number of hydrogen-bond donors (Lipinski definition) is 0. The highest BCUT2D eigenvalue weighted by Crippen LogP contribution is 2.36. The molecule has 0 amide bonds. The monoisotopic (exact) mass is 502 g/mol. The van der Waals surface area contributed by atoms with E-state index in [4.69, 9.17) is 30.5 Å². The van der Waals surface area contributed by atoms with Crippen molar-refractivity contribution < 1.29 is 23.7 Å². The Balaban J connectivity index is 1.65. The molecule has 1 aliphatic rings. The number of halogens is 1. The Hall–Kier alpha value is -3.96. The normalized spacial score (nSPS) is 13.8. The molecule has 0 bridgehead atoms. The number of carbonyl (C=O) groups is 1. The summed E-state index contributed by atoms with van der Waals surface area (Å²) >= 11 is 6.00. The molecule has 0 spiro atoms. The number of allylic oxidation sites excluding steroid dienone is 1. The number of methoxy groups -OCH3 is 1. The molecule has 0 aliphatic carbocycles. The Morgan fingerprint density at radius 1 is 1.03 bits per heavy atom. The van der Waals surface area contributed by atoms with Crippen molar-refractivity contribution in [2.24, 2.45) is 0 Å². The lowest BCUT2D eigenvalue weighted by molar-refractivity contribution is -0.130. The largest absolute Gasteiger partial charge is 0.497 e. The van der Waals surface area contributed by atoms with Gasteiger partial charge < -0.3 is 18.9 Å². The summed E-state index contributed by atoms with van der Waals surface area (Å²) in [5, 5.41) is 0.674. The number of carbonyl (C=O) groups excluding carboxylic acids is 1. The van der Waals surface area contributed by atoms with E-state index in [-0.39, 0.29) is 0 Å². The first-order valence-corrected chi connectivity index (χ1v) is 12.0. The van der Waals surface area contributed by atoms with Crippen LogP contribution in [0.5, 0.6) is 17.2 Å². The van der Waals surface area contributed by atoms with Crippen molar-refractivity contribution in [3.05, 3.63) is 112 Å². The second-order valence-corrected chi connectivity index (χ2v) is 8.51. The maximum absolute atomic E-state index is 12.6. The molecule has 6 heteroatoms. The van der Waals surface area contributed by atoms with Crippen molar-refractivity contribution in [1.82, 2.24) is 0 Å². The van der Waals surface area contributed by atoms with Gasteiger partial charge in [-0.3, -0.25) is 0 Å². The summed E-state index contributed by atoms with van der Waals surface area (Å²) in [7, 11) is 1.61. The van der Waals surface area contributed by atoms with E-state index in [9.17, 15) is 4.79 Å². The Morgan fingerprint density at radius 3 is 2.44 bits per heavy atom. The van der Waals surface area contributed by atoms with Gasteiger partial charge in [-0.2, -0.15) is 0 Å². The average molecular weight is 503 g/mol. The third kappa shape index (κ3) is 5.99. The molecule has 184 valence electrons. The van der Waals surface area contributed by atoms with Crippen LogP contribution in [-0.2, 0) is 22.6 Å². The minimum absolute atomic E-state index is 0.363. The average Bonchev–Trinajstić information content (AvgIpc) is 3.25. The van der Waals surface area contributed by atoms with Crippen LogP contribution in [0.4, 0.5) is 0 Å². The van der Waals surface area contributed by atoms with Gasteiger partial charge in [0.1, 0.15) is 18.1 Å². The van der Waals surface area contributed by atoms with E-state index in [0.29, 0.717) is 47.5 Å². The van der Waals surface area contributed by atoms with Crippen molar-refractivity contribution in [3.8, 4) is 17.2 Å². The van der Waals surface area contributed by atoms with Crippen molar-refractivity contribution >= 4 is 29.4 Å². The SMILES string of the molecule is C=CCc1cc(/C=C2\C=C(c3ccc(OC)cc3)OC2=O)cc(OCC)c1OCc1ccc(Cl)cc1. The first kappa shape index (κ1) is 25.1. The zero-order valence-electron chi connectivity index (χ0n) is 20.3. The summed E-state index contributed by atoms with van der Waals surface area (Å²) in [5.41, 5.74) is 3.93. The molecule has 5 nitrogen and oxygen atoms in total. The van der Waals surface area contributed by atoms with E-state index in [2.05, 4.69) is 6.58 Å². The minimum atomic E-state index is -0.410. The Kier molecular flexibility index (Phi) is 8.13. The minimum Gasteiger partial charge on any atom is -0.497 e. The maximum Gasteiger partial charge on any atom is 0.343 e. The summed E-state index contributed by atoms with van der Waals surface area (Å²) in [5.74, 6) is 2.07. The third-order valence-corrected chi connectivity index (χ3v) is 5.79. The van der Waals surface area contributed by atoms with Crippen LogP contribution in [0.3, 0.4) is 0 Å². The van der Waals surface area contributed by atoms with Crippen molar-refractivity contribution in [2.45, 2.75) is 20.0 Å². The summed E-state index contributed by atoms with van der Waals surface area (Å²) in [6.45, 7) is 6.63. The standard InChI is InChI=1S/C30H27ClO5/c1-4-6-23-15-21(16-24-18-27(36-30(24)32)22-9-13-26(33-3)14-10-22)17-28(34-5-2)29(23)35-19-20-7-11-25(31)12-8-20/h4,7-18H,1,5-6,19H2,2-3H3/b24-16+. The number of benzene rings is 3. The lowest BCUT2D eigenvalue weighted by Gasteiger charge is -2.17. The van der Waals surface area contributed by atoms with Gasteiger partial charge in [0, 0.05) is 16.1 Å². The van der Waals surface area contributed by atoms with Crippen LogP contribution in [0.1, 0.15) is 29.2 Å².